The number of halogens is 2. The van der Waals surface area contributed by atoms with Crippen molar-refractivity contribution in [1.82, 2.24) is 10.9 Å². The first-order valence-electron chi connectivity index (χ1n) is 6.95. The van der Waals surface area contributed by atoms with Crippen molar-refractivity contribution in [3.8, 4) is 5.75 Å². The number of hydrogen-bond acceptors (Lipinski definition) is 3. The number of anilines is 1. The van der Waals surface area contributed by atoms with Crippen molar-refractivity contribution in [2.75, 3.05) is 11.9 Å². The van der Waals surface area contributed by atoms with Crippen molar-refractivity contribution in [3.63, 3.8) is 0 Å². The van der Waals surface area contributed by atoms with Gasteiger partial charge >= 0.3 is 0 Å². The molecule has 0 bridgehead atoms. The third-order valence-electron chi connectivity index (χ3n) is 2.94. The summed E-state index contributed by atoms with van der Waals surface area (Å²) < 4.78 is 18.7. The number of amides is 1. The molecule has 2 rings (SSSR count). The second-order valence-electron chi connectivity index (χ2n) is 4.81. The first kappa shape index (κ1) is 18.0. The number of benzene rings is 2. The zero-order valence-electron chi connectivity index (χ0n) is 12.7. The predicted octanol–water partition coefficient (Wildman–Crippen LogP) is 3.18. The van der Waals surface area contributed by atoms with Crippen molar-refractivity contribution in [2.45, 2.75) is 6.92 Å². The molecule has 0 unspecified atom stereocenters. The van der Waals surface area contributed by atoms with Crippen LogP contribution in [0.1, 0.15) is 5.56 Å². The summed E-state index contributed by atoms with van der Waals surface area (Å²) in [7, 11) is 0. The topological polar surface area (TPSA) is 62.4 Å². The fraction of sp³-hybridized carbons (Fsp3) is 0.125. The largest absolute Gasteiger partial charge is 0.482 e. The van der Waals surface area contributed by atoms with Crippen molar-refractivity contribution >= 4 is 40.5 Å². The molecule has 2 aromatic carbocycles. The summed E-state index contributed by atoms with van der Waals surface area (Å²) >= 11 is 10.9. The normalized spacial score (nSPS) is 9.96. The number of carbonyl (C=O) groups excluding carboxylic acids is 1. The zero-order chi connectivity index (χ0) is 17.5. The van der Waals surface area contributed by atoms with Crippen LogP contribution in [0.2, 0.25) is 5.02 Å². The van der Waals surface area contributed by atoms with E-state index in [0.717, 1.165) is 0 Å². The van der Waals surface area contributed by atoms with Gasteiger partial charge in [0.1, 0.15) is 11.6 Å². The van der Waals surface area contributed by atoms with Gasteiger partial charge in [-0.25, -0.2) is 4.39 Å². The van der Waals surface area contributed by atoms with E-state index in [0.29, 0.717) is 22.0 Å². The summed E-state index contributed by atoms with van der Waals surface area (Å²) in [5.41, 5.74) is 5.87. The molecule has 1 amide bonds. The van der Waals surface area contributed by atoms with Gasteiger partial charge in [-0.05, 0) is 49.0 Å². The smallest absolute Gasteiger partial charge is 0.276 e. The van der Waals surface area contributed by atoms with E-state index >= 15 is 0 Å². The van der Waals surface area contributed by atoms with E-state index in [1.807, 2.05) is 0 Å². The summed E-state index contributed by atoms with van der Waals surface area (Å²) in [4.78, 5) is 11.7. The third kappa shape index (κ3) is 5.36. The molecule has 24 heavy (non-hydrogen) atoms. The molecule has 0 aliphatic heterocycles. The van der Waals surface area contributed by atoms with Gasteiger partial charge in [-0.2, -0.15) is 0 Å². The number of hydrazine groups is 1. The molecule has 0 fully saturated rings. The molecule has 0 radical (unpaired) electrons. The van der Waals surface area contributed by atoms with Crippen LogP contribution in [-0.2, 0) is 4.79 Å². The van der Waals surface area contributed by atoms with Crippen LogP contribution >= 0.6 is 23.8 Å². The summed E-state index contributed by atoms with van der Waals surface area (Å²) in [6.07, 6.45) is 0. The lowest BCUT2D eigenvalue weighted by Gasteiger charge is -2.12. The molecule has 0 saturated carbocycles. The minimum atomic E-state index is -0.450. The predicted molar refractivity (Wildman–Crippen MR) is 95.6 cm³/mol. The second-order valence-corrected chi connectivity index (χ2v) is 5.63. The molecule has 0 aromatic heterocycles. The Morgan fingerprint density at radius 2 is 2.00 bits per heavy atom. The van der Waals surface area contributed by atoms with Crippen molar-refractivity contribution in [3.05, 3.63) is 58.9 Å². The molecule has 0 aliphatic carbocycles. The standard InChI is InChI=1S/C16H15ClFN3O2S/c1-10-6-7-11(8-13(10)18)19-16(24)21-20-15(22)9-23-14-5-3-2-4-12(14)17/h2-8H,9H2,1H3,(H,20,22)(H2,19,21,24). The summed E-state index contributed by atoms with van der Waals surface area (Å²) in [5, 5.41) is 3.28. The number of para-hydroxylation sites is 1. The van der Waals surface area contributed by atoms with E-state index in [1.54, 1.807) is 43.3 Å². The highest BCUT2D eigenvalue weighted by atomic mass is 35.5. The Labute approximate surface area is 149 Å². The Bertz CT molecular complexity index is 758. The lowest BCUT2D eigenvalue weighted by molar-refractivity contribution is -0.123. The maximum absolute atomic E-state index is 13.4. The molecule has 8 heteroatoms. The van der Waals surface area contributed by atoms with E-state index < -0.39 is 5.91 Å². The maximum Gasteiger partial charge on any atom is 0.276 e. The summed E-state index contributed by atoms with van der Waals surface area (Å²) in [6.45, 7) is 1.42. The summed E-state index contributed by atoms with van der Waals surface area (Å²) in [6, 6.07) is 11.4. The minimum absolute atomic E-state index is 0.115. The van der Waals surface area contributed by atoms with Gasteiger partial charge in [0.05, 0.1) is 5.02 Å². The monoisotopic (exact) mass is 367 g/mol. The molecule has 5 nitrogen and oxygen atoms in total. The van der Waals surface area contributed by atoms with Crippen LogP contribution in [0.25, 0.3) is 0 Å². The van der Waals surface area contributed by atoms with Crippen LogP contribution in [0.3, 0.4) is 0 Å². The van der Waals surface area contributed by atoms with E-state index in [2.05, 4.69) is 16.2 Å². The Balaban J connectivity index is 1.76. The molecule has 0 atom stereocenters. The van der Waals surface area contributed by atoms with Crippen LogP contribution in [0, 0.1) is 12.7 Å². The molecular formula is C16H15ClFN3O2S. The Morgan fingerprint density at radius 3 is 2.71 bits per heavy atom. The Kier molecular flexibility index (Phi) is 6.34. The van der Waals surface area contributed by atoms with Gasteiger partial charge in [0.2, 0.25) is 0 Å². The van der Waals surface area contributed by atoms with Gasteiger partial charge in [0.25, 0.3) is 5.91 Å². The average molecular weight is 368 g/mol. The van der Waals surface area contributed by atoms with E-state index in [4.69, 9.17) is 28.6 Å². The molecule has 3 N–H and O–H groups in total. The number of hydrogen-bond donors (Lipinski definition) is 3. The van der Waals surface area contributed by atoms with Gasteiger partial charge in [0.15, 0.2) is 11.7 Å². The van der Waals surface area contributed by atoms with Gasteiger partial charge in [-0.3, -0.25) is 15.6 Å². The molecule has 0 aliphatic rings. The number of rotatable bonds is 4. The van der Waals surface area contributed by atoms with Crippen LogP contribution in [-0.4, -0.2) is 17.6 Å². The SMILES string of the molecule is Cc1ccc(NC(=S)NNC(=O)COc2ccccc2Cl)cc1F. The van der Waals surface area contributed by atoms with Gasteiger partial charge in [-0.15, -0.1) is 0 Å². The van der Waals surface area contributed by atoms with Gasteiger partial charge in [0, 0.05) is 5.69 Å². The molecular weight excluding hydrogens is 353 g/mol. The van der Waals surface area contributed by atoms with Gasteiger partial charge < -0.3 is 10.1 Å². The number of ether oxygens (including phenoxy) is 1. The number of thiocarbonyl (C=S) groups is 1. The molecule has 126 valence electrons. The molecule has 0 spiro atoms. The summed E-state index contributed by atoms with van der Waals surface area (Å²) in [5.74, 6) is -0.390. The fourth-order valence-electron chi connectivity index (χ4n) is 1.70. The molecule has 2 aromatic rings. The van der Waals surface area contributed by atoms with E-state index in [9.17, 15) is 9.18 Å². The number of aryl methyl sites for hydroxylation is 1. The van der Waals surface area contributed by atoms with Crippen molar-refractivity contribution in [1.29, 1.82) is 0 Å². The fourth-order valence-corrected chi connectivity index (χ4v) is 2.06. The van der Waals surface area contributed by atoms with Crippen LogP contribution in [0.5, 0.6) is 5.75 Å². The van der Waals surface area contributed by atoms with Crippen LogP contribution < -0.4 is 20.9 Å². The third-order valence-corrected chi connectivity index (χ3v) is 3.46. The lowest BCUT2D eigenvalue weighted by atomic mass is 10.2. The van der Waals surface area contributed by atoms with Crippen LogP contribution in [0.15, 0.2) is 42.5 Å². The zero-order valence-corrected chi connectivity index (χ0v) is 14.3. The maximum atomic E-state index is 13.4. The lowest BCUT2D eigenvalue weighted by Crippen LogP contribution is -2.45. The molecule has 0 saturated heterocycles. The highest BCUT2D eigenvalue weighted by Crippen LogP contribution is 2.22. The average Bonchev–Trinajstić information content (AvgIpc) is 2.55. The van der Waals surface area contributed by atoms with Gasteiger partial charge in [-0.1, -0.05) is 29.8 Å². The number of nitrogens with one attached hydrogen (secondary N) is 3. The highest BCUT2D eigenvalue weighted by molar-refractivity contribution is 7.80. The minimum Gasteiger partial charge on any atom is -0.482 e. The molecule has 0 heterocycles. The van der Waals surface area contributed by atoms with E-state index in [-0.39, 0.29) is 17.5 Å². The first-order valence-corrected chi connectivity index (χ1v) is 7.73. The second kappa shape index (κ2) is 8.47. The van der Waals surface area contributed by atoms with Crippen molar-refractivity contribution < 1.29 is 13.9 Å². The number of carbonyl (C=O) groups is 1. The highest BCUT2D eigenvalue weighted by Gasteiger charge is 2.06. The van der Waals surface area contributed by atoms with Crippen LogP contribution in [0.4, 0.5) is 10.1 Å². The first-order chi connectivity index (χ1) is 11.5. The van der Waals surface area contributed by atoms with Crippen molar-refractivity contribution in [2.24, 2.45) is 0 Å². The Morgan fingerprint density at radius 1 is 1.25 bits per heavy atom. The Hall–Kier alpha value is -2.38. The van der Waals surface area contributed by atoms with E-state index in [1.165, 1.54) is 6.07 Å². The quantitative estimate of drug-likeness (QED) is 0.572.